The van der Waals surface area contributed by atoms with Crippen molar-refractivity contribution >= 4 is 29.3 Å². The number of aromatic nitrogens is 1. The summed E-state index contributed by atoms with van der Waals surface area (Å²) in [6.45, 7) is 6.87. The highest BCUT2D eigenvalue weighted by molar-refractivity contribution is 5.98. The molecule has 222 valence electrons. The number of pyridine rings is 1. The Labute approximate surface area is 236 Å². The SMILES string of the molecule is CCC(=O)N[C@H](Cc1ccc(NC(=O)[C@H](C)NC(=O)C(F)(F)c2ccc(C)nc2)c(F)c1)C(=O)N1CCN(C)CC1. The predicted molar refractivity (Wildman–Crippen MR) is 146 cm³/mol. The molecule has 1 aromatic heterocycles. The normalized spacial score (nSPS) is 15.5. The number of alkyl halides is 2. The summed E-state index contributed by atoms with van der Waals surface area (Å²) in [6.07, 6.45) is 1.08. The van der Waals surface area contributed by atoms with E-state index < -0.39 is 41.2 Å². The number of carbonyl (C=O) groups excluding carboxylic acids is 4. The van der Waals surface area contributed by atoms with E-state index in [2.05, 4.69) is 20.5 Å². The van der Waals surface area contributed by atoms with E-state index in [1.54, 1.807) is 18.7 Å². The molecule has 1 aliphatic rings. The smallest absolute Gasteiger partial charge is 0.344 e. The van der Waals surface area contributed by atoms with Gasteiger partial charge in [-0.25, -0.2) is 4.39 Å². The molecule has 2 heterocycles. The number of amides is 4. The summed E-state index contributed by atoms with van der Waals surface area (Å²) < 4.78 is 44.0. The number of hydrogen-bond donors (Lipinski definition) is 3. The Balaban J connectivity index is 1.65. The number of nitrogens with one attached hydrogen (secondary N) is 3. The predicted octanol–water partition coefficient (Wildman–Crippen LogP) is 1.98. The minimum atomic E-state index is -3.94. The van der Waals surface area contributed by atoms with E-state index in [0.29, 0.717) is 37.4 Å². The summed E-state index contributed by atoms with van der Waals surface area (Å²) in [5, 5.41) is 6.93. The first-order valence-corrected chi connectivity index (χ1v) is 13.3. The zero-order valence-electron chi connectivity index (χ0n) is 23.5. The zero-order valence-corrected chi connectivity index (χ0v) is 23.5. The highest BCUT2D eigenvalue weighted by atomic mass is 19.3. The summed E-state index contributed by atoms with van der Waals surface area (Å²) in [6, 6.07) is 3.97. The maximum atomic E-state index is 14.9. The number of halogens is 3. The maximum Gasteiger partial charge on any atom is 0.351 e. The van der Waals surface area contributed by atoms with E-state index in [-0.39, 0.29) is 30.3 Å². The highest BCUT2D eigenvalue weighted by Crippen LogP contribution is 2.28. The van der Waals surface area contributed by atoms with Gasteiger partial charge in [0, 0.05) is 56.5 Å². The van der Waals surface area contributed by atoms with Crippen LogP contribution < -0.4 is 16.0 Å². The van der Waals surface area contributed by atoms with Crippen LogP contribution in [0.15, 0.2) is 36.5 Å². The number of hydrogen-bond acceptors (Lipinski definition) is 6. The summed E-state index contributed by atoms with van der Waals surface area (Å²) in [4.78, 5) is 57.5. The van der Waals surface area contributed by atoms with Gasteiger partial charge in [0.15, 0.2) is 0 Å². The number of piperazine rings is 1. The van der Waals surface area contributed by atoms with Crippen LogP contribution in [0.1, 0.15) is 37.1 Å². The molecule has 10 nitrogen and oxygen atoms in total. The van der Waals surface area contributed by atoms with E-state index in [0.717, 1.165) is 18.3 Å². The van der Waals surface area contributed by atoms with E-state index in [1.165, 1.54) is 25.1 Å². The molecule has 0 bridgehead atoms. The summed E-state index contributed by atoms with van der Waals surface area (Å²) in [5.41, 5.74) is 0.0222. The number of anilines is 1. The number of benzene rings is 1. The largest absolute Gasteiger partial charge is 0.351 e. The van der Waals surface area contributed by atoms with Crippen LogP contribution in [0.25, 0.3) is 0 Å². The average molecular weight is 577 g/mol. The summed E-state index contributed by atoms with van der Waals surface area (Å²) in [5.74, 6) is -7.97. The standard InChI is InChI=1S/C28H35F3N6O4/c1-5-24(38)34-23(26(40)37-12-10-36(4)11-13-37)15-19-7-9-22(21(29)14-19)35-25(39)18(3)33-27(41)28(30,31)20-8-6-17(2)32-16-20/h6-9,14,16,18,23H,5,10-13,15H2,1-4H3,(H,33,41)(H,34,38)(H,35,39)/t18-,23+/m0/s1. The van der Waals surface area contributed by atoms with Crippen molar-refractivity contribution in [1.29, 1.82) is 0 Å². The zero-order chi connectivity index (χ0) is 30.3. The highest BCUT2D eigenvalue weighted by Gasteiger charge is 2.42. The van der Waals surface area contributed by atoms with Crippen LogP contribution in [-0.4, -0.2) is 83.7 Å². The van der Waals surface area contributed by atoms with E-state index in [1.807, 2.05) is 12.4 Å². The van der Waals surface area contributed by atoms with E-state index in [9.17, 15) is 32.3 Å². The number of carbonyl (C=O) groups is 4. The molecule has 0 radical (unpaired) electrons. The second-order valence-electron chi connectivity index (χ2n) is 10.1. The van der Waals surface area contributed by atoms with Gasteiger partial charge in [0.25, 0.3) is 5.91 Å². The van der Waals surface area contributed by atoms with Gasteiger partial charge in [-0.2, -0.15) is 8.78 Å². The second kappa shape index (κ2) is 13.6. The van der Waals surface area contributed by atoms with Crippen molar-refractivity contribution in [2.24, 2.45) is 0 Å². The first-order chi connectivity index (χ1) is 19.3. The van der Waals surface area contributed by atoms with Gasteiger partial charge in [0.1, 0.15) is 17.9 Å². The van der Waals surface area contributed by atoms with Crippen LogP contribution in [0.3, 0.4) is 0 Å². The molecular weight excluding hydrogens is 541 g/mol. The molecule has 41 heavy (non-hydrogen) atoms. The lowest BCUT2D eigenvalue weighted by Gasteiger charge is -2.34. The third-order valence-corrected chi connectivity index (χ3v) is 6.80. The first-order valence-electron chi connectivity index (χ1n) is 13.3. The van der Waals surface area contributed by atoms with Crippen LogP contribution >= 0.6 is 0 Å². The van der Waals surface area contributed by atoms with Gasteiger partial charge in [-0.05, 0) is 50.7 Å². The van der Waals surface area contributed by atoms with Gasteiger partial charge in [0.05, 0.1) is 5.69 Å². The minimum absolute atomic E-state index is 0.0253. The fraction of sp³-hybridized carbons (Fsp3) is 0.464. The Morgan fingerprint density at radius 2 is 1.73 bits per heavy atom. The molecule has 0 aliphatic carbocycles. The van der Waals surface area contributed by atoms with Gasteiger partial charge >= 0.3 is 5.92 Å². The monoisotopic (exact) mass is 576 g/mol. The van der Waals surface area contributed by atoms with Gasteiger partial charge < -0.3 is 25.8 Å². The Morgan fingerprint density at radius 3 is 2.32 bits per heavy atom. The number of nitrogens with zero attached hydrogens (tertiary/aromatic N) is 3. The number of rotatable bonds is 10. The van der Waals surface area contributed by atoms with Gasteiger partial charge in [-0.1, -0.05) is 13.0 Å². The van der Waals surface area contributed by atoms with Crippen molar-refractivity contribution < 1.29 is 32.3 Å². The fourth-order valence-corrected chi connectivity index (χ4v) is 4.14. The third kappa shape index (κ3) is 8.26. The lowest BCUT2D eigenvalue weighted by molar-refractivity contribution is -0.148. The fourth-order valence-electron chi connectivity index (χ4n) is 4.14. The molecule has 3 rings (SSSR count). The average Bonchev–Trinajstić information content (AvgIpc) is 2.94. The number of likely N-dealkylation sites (N-methyl/N-ethyl adjacent to an activating group) is 1. The Morgan fingerprint density at radius 1 is 1.05 bits per heavy atom. The summed E-state index contributed by atoms with van der Waals surface area (Å²) >= 11 is 0. The van der Waals surface area contributed by atoms with Crippen molar-refractivity contribution in [2.75, 3.05) is 38.5 Å². The molecule has 1 saturated heterocycles. The molecule has 1 aromatic carbocycles. The topological polar surface area (TPSA) is 124 Å². The first kappa shape index (κ1) is 31.5. The molecule has 0 saturated carbocycles. The van der Waals surface area contributed by atoms with Crippen LogP contribution in [0, 0.1) is 12.7 Å². The molecule has 0 unspecified atom stereocenters. The molecular formula is C28H35F3N6O4. The van der Waals surface area contributed by atoms with Gasteiger partial charge in [0.2, 0.25) is 17.7 Å². The molecule has 0 spiro atoms. The van der Waals surface area contributed by atoms with Crippen LogP contribution in [0.2, 0.25) is 0 Å². The summed E-state index contributed by atoms with van der Waals surface area (Å²) in [7, 11) is 1.95. The van der Waals surface area contributed by atoms with E-state index >= 15 is 0 Å². The quantitative estimate of drug-likeness (QED) is 0.398. The van der Waals surface area contributed by atoms with Gasteiger partial charge in [-0.3, -0.25) is 24.2 Å². The van der Waals surface area contributed by atoms with Crippen molar-refractivity contribution in [3.05, 3.63) is 59.2 Å². The van der Waals surface area contributed by atoms with E-state index in [4.69, 9.17) is 0 Å². The minimum Gasteiger partial charge on any atom is -0.344 e. The van der Waals surface area contributed by atoms with Crippen LogP contribution in [0.4, 0.5) is 18.9 Å². The third-order valence-electron chi connectivity index (χ3n) is 6.80. The lowest BCUT2D eigenvalue weighted by atomic mass is 10.0. The Kier molecular flexibility index (Phi) is 10.4. The van der Waals surface area contributed by atoms with Crippen molar-refractivity contribution in [2.45, 2.75) is 51.6 Å². The molecule has 2 aromatic rings. The lowest BCUT2D eigenvalue weighted by Crippen LogP contribution is -2.54. The van der Waals surface area contributed by atoms with Crippen molar-refractivity contribution in [1.82, 2.24) is 25.4 Å². The molecule has 2 atom stereocenters. The maximum absolute atomic E-state index is 14.9. The second-order valence-corrected chi connectivity index (χ2v) is 10.1. The molecule has 3 N–H and O–H groups in total. The van der Waals surface area contributed by atoms with Crippen LogP contribution in [0.5, 0.6) is 0 Å². The van der Waals surface area contributed by atoms with Crippen molar-refractivity contribution in [3.63, 3.8) is 0 Å². The Hall–Kier alpha value is -4.00. The molecule has 1 aliphatic heterocycles. The number of aryl methyl sites for hydroxylation is 1. The Bertz CT molecular complexity index is 1270. The molecule has 13 heteroatoms. The molecule has 1 fully saturated rings. The molecule has 4 amide bonds. The van der Waals surface area contributed by atoms with Gasteiger partial charge in [-0.15, -0.1) is 0 Å². The van der Waals surface area contributed by atoms with Crippen LogP contribution in [-0.2, 0) is 31.5 Å². The van der Waals surface area contributed by atoms with Crippen molar-refractivity contribution in [3.8, 4) is 0 Å².